The monoisotopic (exact) mass is 263 g/mol. The number of anilines is 1. The molecular weight excluding hydrogens is 251 g/mol. The number of halogens is 3. The molecule has 0 atom stereocenters. The minimum atomic E-state index is -4.45. The number of benzene rings is 1. The summed E-state index contributed by atoms with van der Waals surface area (Å²) in [5.74, 6) is -0.368. The lowest BCUT2D eigenvalue weighted by Crippen LogP contribution is -2.09. The van der Waals surface area contributed by atoms with Gasteiger partial charge in [0.2, 0.25) is 0 Å². The van der Waals surface area contributed by atoms with Crippen molar-refractivity contribution in [2.75, 3.05) is 19.5 Å². The molecule has 0 saturated heterocycles. The maximum atomic E-state index is 12.3. The van der Waals surface area contributed by atoms with Crippen molar-refractivity contribution in [1.82, 2.24) is 0 Å². The van der Waals surface area contributed by atoms with E-state index in [9.17, 15) is 18.0 Å². The molecule has 4 nitrogen and oxygen atoms in total. The highest BCUT2D eigenvalue weighted by molar-refractivity contribution is 5.69. The second-order valence-corrected chi connectivity index (χ2v) is 3.42. The lowest BCUT2D eigenvalue weighted by atomic mass is 10.2. The van der Waals surface area contributed by atoms with Crippen LogP contribution in [0.2, 0.25) is 0 Å². The molecule has 100 valence electrons. The highest BCUT2D eigenvalue weighted by atomic mass is 19.4. The Morgan fingerprint density at radius 2 is 2.06 bits per heavy atom. The van der Waals surface area contributed by atoms with Crippen LogP contribution in [-0.2, 0) is 15.7 Å². The minimum Gasteiger partial charge on any atom is -0.491 e. The first kappa shape index (κ1) is 14.1. The Hall–Kier alpha value is -1.92. The topological polar surface area (TPSA) is 61.5 Å². The van der Waals surface area contributed by atoms with Gasteiger partial charge in [0, 0.05) is 0 Å². The van der Waals surface area contributed by atoms with Gasteiger partial charge in [-0.1, -0.05) is 0 Å². The lowest BCUT2D eigenvalue weighted by Gasteiger charge is -2.11. The van der Waals surface area contributed by atoms with Gasteiger partial charge >= 0.3 is 12.1 Å². The Morgan fingerprint density at radius 1 is 1.39 bits per heavy atom. The number of ether oxygens (including phenoxy) is 2. The Bertz CT molecular complexity index is 432. The molecule has 7 heteroatoms. The van der Waals surface area contributed by atoms with Crippen LogP contribution >= 0.6 is 0 Å². The molecule has 1 aromatic carbocycles. The average molecular weight is 263 g/mol. The molecule has 1 rings (SSSR count). The van der Waals surface area contributed by atoms with Gasteiger partial charge in [-0.05, 0) is 18.2 Å². The number of esters is 1. The van der Waals surface area contributed by atoms with Crippen LogP contribution in [-0.4, -0.2) is 19.7 Å². The summed E-state index contributed by atoms with van der Waals surface area (Å²) in [6.07, 6.45) is -4.45. The van der Waals surface area contributed by atoms with E-state index in [-0.39, 0.29) is 24.5 Å². The first-order valence-electron chi connectivity index (χ1n) is 5.01. The van der Waals surface area contributed by atoms with Gasteiger partial charge in [0.05, 0.1) is 31.4 Å². The quantitative estimate of drug-likeness (QED) is 0.668. The number of nitrogen functional groups attached to an aromatic ring is 1. The molecule has 0 fully saturated rings. The Labute approximate surface area is 101 Å². The zero-order valence-corrected chi connectivity index (χ0v) is 9.58. The Balaban J connectivity index is 2.66. The minimum absolute atomic E-state index is 0.00301. The van der Waals surface area contributed by atoms with Gasteiger partial charge in [-0.3, -0.25) is 4.79 Å². The molecule has 0 aliphatic carbocycles. The van der Waals surface area contributed by atoms with Crippen LogP contribution < -0.4 is 10.5 Å². The van der Waals surface area contributed by atoms with E-state index < -0.39 is 17.7 Å². The van der Waals surface area contributed by atoms with Crippen LogP contribution in [0.15, 0.2) is 18.2 Å². The van der Waals surface area contributed by atoms with Crippen LogP contribution in [0, 0.1) is 0 Å². The molecule has 0 aliphatic rings. The van der Waals surface area contributed by atoms with Crippen molar-refractivity contribution in [3.05, 3.63) is 23.8 Å². The van der Waals surface area contributed by atoms with Gasteiger partial charge in [0.25, 0.3) is 0 Å². The second-order valence-electron chi connectivity index (χ2n) is 3.42. The van der Waals surface area contributed by atoms with Gasteiger partial charge in [0.1, 0.15) is 5.75 Å². The second kappa shape index (κ2) is 5.61. The summed E-state index contributed by atoms with van der Waals surface area (Å²) in [7, 11) is 1.23. The molecule has 0 amide bonds. The summed E-state index contributed by atoms with van der Waals surface area (Å²) in [6, 6.07) is 2.77. The van der Waals surface area contributed by atoms with Crippen LogP contribution in [0.5, 0.6) is 5.75 Å². The molecule has 1 aromatic rings. The molecule has 0 saturated carbocycles. The number of hydrogen-bond acceptors (Lipinski definition) is 4. The van der Waals surface area contributed by atoms with E-state index in [4.69, 9.17) is 10.5 Å². The zero-order valence-electron chi connectivity index (χ0n) is 9.58. The summed E-state index contributed by atoms with van der Waals surface area (Å²) in [4.78, 5) is 10.8. The first-order valence-corrected chi connectivity index (χ1v) is 5.01. The average Bonchev–Trinajstić information content (AvgIpc) is 2.29. The molecular formula is C11H12F3NO3. The number of alkyl halides is 3. The van der Waals surface area contributed by atoms with E-state index in [1.165, 1.54) is 7.11 Å². The van der Waals surface area contributed by atoms with Gasteiger partial charge < -0.3 is 15.2 Å². The summed E-state index contributed by atoms with van der Waals surface area (Å²) >= 11 is 0. The van der Waals surface area contributed by atoms with Crippen molar-refractivity contribution in [3.63, 3.8) is 0 Å². The van der Waals surface area contributed by atoms with Crippen molar-refractivity contribution < 1.29 is 27.4 Å². The predicted molar refractivity (Wildman–Crippen MR) is 58.0 cm³/mol. The fourth-order valence-corrected chi connectivity index (χ4v) is 1.20. The van der Waals surface area contributed by atoms with Gasteiger partial charge in [-0.15, -0.1) is 0 Å². The summed E-state index contributed by atoms with van der Waals surface area (Å²) < 4.78 is 46.5. The van der Waals surface area contributed by atoms with Crippen molar-refractivity contribution in [3.8, 4) is 5.75 Å². The number of methoxy groups -OCH3 is 1. The zero-order chi connectivity index (χ0) is 13.8. The van der Waals surface area contributed by atoms with Crippen molar-refractivity contribution in [2.24, 2.45) is 0 Å². The highest BCUT2D eigenvalue weighted by Crippen LogP contribution is 2.33. The molecule has 18 heavy (non-hydrogen) atoms. The third kappa shape index (κ3) is 3.83. The largest absolute Gasteiger partial charge is 0.491 e. The SMILES string of the molecule is COC(=O)CCOc1ccc(C(F)(F)F)cc1N. The third-order valence-electron chi connectivity index (χ3n) is 2.13. The van der Waals surface area contributed by atoms with E-state index in [1.54, 1.807) is 0 Å². The van der Waals surface area contributed by atoms with Crippen LogP contribution in [0.1, 0.15) is 12.0 Å². The number of carbonyl (C=O) groups excluding carboxylic acids is 1. The molecule has 0 aliphatic heterocycles. The van der Waals surface area contributed by atoms with E-state index in [1.807, 2.05) is 0 Å². The van der Waals surface area contributed by atoms with E-state index >= 15 is 0 Å². The van der Waals surface area contributed by atoms with E-state index in [0.717, 1.165) is 18.2 Å². The standard InChI is InChI=1S/C11H12F3NO3/c1-17-10(16)4-5-18-9-3-2-7(6-8(9)15)11(12,13)14/h2-3,6H,4-5,15H2,1H3. The predicted octanol–water partition coefficient (Wildman–Crippen LogP) is 2.23. The van der Waals surface area contributed by atoms with Crippen molar-refractivity contribution in [1.29, 1.82) is 0 Å². The Morgan fingerprint density at radius 3 is 2.56 bits per heavy atom. The Kier molecular flexibility index (Phi) is 4.41. The molecule has 0 heterocycles. The van der Waals surface area contributed by atoms with Crippen molar-refractivity contribution in [2.45, 2.75) is 12.6 Å². The summed E-state index contributed by atoms with van der Waals surface area (Å²) in [5, 5.41) is 0. The van der Waals surface area contributed by atoms with Gasteiger partial charge in [-0.25, -0.2) is 0 Å². The number of nitrogens with two attached hydrogens (primary N) is 1. The molecule has 0 unspecified atom stereocenters. The highest BCUT2D eigenvalue weighted by Gasteiger charge is 2.30. The van der Waals surface area contributed by atoms with Gasteiger partial charge in [0.15, 0.2) is 0 Å². The molecule has 0 radical (unpaired) electrons. The molecule has 0 aromatic heterocycles. The van der Waals surface area contributed by atoms with E-state index in [0.29, 0.717) is 0 Å². The normalized spacial score (nSPS) is 11.1. The summed E-state index contributed by atoms with van der Waals surface area (Å²) in [6.45, 7) is -0.0117. The smallest absolute Gasteiger partial charge is 0.416 e. The first-order chi connectivity index (χ1) is 8.34. The number of hydrogen-bond donors (Lipinski definition) is 1. The molecule has 2 N–H and O–H groups in total. The molecule has 0 spiro atoms. The maximum absolute atomic E-state index is 12.3. The van der Waals surface area contributed by atoms with Crippen LogP contribution in [0.25, 0.3) is 0 Å². The van der Waals surface area contributed by atoms with Crippen molar-refractivity contribution >= 4 is 11.7 Å². The van der Waals surface area contributed by atoms with Crippen LogP contribution in [0.4, 0.5) is 18.9 Å². The molecule has 0 bridgehead atoms. The maximum Gasteiger partial charge on any atom is 0.416 e. The fourth-order valence-electron chi connectivity index (χ4n) is 1.20. The number of rotatable bonds is 4. The number of carbonyl (C=O) groups is 1. The fraction of sp³-hybridized carbons (Fsp3) is 0.364. The van der Waals surface area contributed by atoms with E-state index in [2.05, 4.69) is 4.74 Å². The van der Waals surface area contributed by atoms with Gasteiger partial charge in [-0.2, -0.15) is 13.2 Å². The lowest BCUT2D eigenvalue weighted by molar-refractivity contribution is -0.141. The van der Waals surface area contributed by atoms with Crippen LogP contribution in [0.3, 0.4) is 0 Å². The summed E-state index contributed by atoms with van der Waals surface area (Å²) in [5.41, 5.74) is 4.45. The third-order valence-corrected chi connectivity index (χ3v) is 2.13.